The third kappa shape index (κ3) is 4.86. The molecule has 0 aliphatic carbocycles. The Kier molecular flexibility index (Phi) is 6.35. The minimum absolute atomic E-state index is 0.0519. The Morgan fingerprint density at radius 3 is 2.47 bits per heavy atom. The zero-order valence-corrected chi connectivity index (χ0v) is 13.7. The first-order chi connectivity index (χ1) is 8.97. The largest absolute Gasteiger partial charge is 0.374 e. The lowest BCUT2D eigenvalue weighted by atomic mass is 10.1. The van der Waals surface area contributed by atoms with Gasteiger partial charge in [-0.15, -0.1) is 0 Å². The van der Waals surface area contributed by atoms with E-state index >= 15 is 0 Å². The summed E-state index contributed by atoms with van der Waals surface area (Å²) in [5.41, 5.74) is 2.12. The number of aryl methyl sites for hydroxylation is 1. The van der Waals surface area contributed by atoms with Gasteiger partial charge in [-0.05, 0) is 50.5 Å². The van der Waals surface area contributed by atoms with Gasteiger partial charge in [0, 0.05) is 16.2 Å². The van der Waals surface area contributed by atoms with Crippen LogP contribution in [0.3, 0.4) is 0 Å². The molecule has 1 aromatic carbocycles. The molecule has 2 N–H and O–H groups in total. The van der Waals surface area contributed by atoms with Crippen molar-refractivity contribution in [1.82, 2.24) is 5.32 Å². The summed E-state index contributed by atoms with van der Waals surface area (Å²) in [6.07, 6.45) is 1.93. The summed E-state index contributed by atoms with van der Waals surface area (Å²) in [5, 5.41) is 6.31. The third-order valence-electron chi connectivity index (χ3n) is 3.29. The number of nitrogens with one attached hydrogen (secondary N) is 2. The zero-order valence-electron chi connectivity index (χ0n) is 12.1. The molecule has 0 aliphatic rings. The minimum atomic E-state index is -0.236. The van der Waals surface area contributed by atoms with Crippen LogP contribution in [0.25, 0.3) is 0 Å². The molecule has 106 valence electrons. The highest BCUT2D eigenvalue weighted by molar-refractivity contribution is 9.10. The lowest BCUT2D eigenvalue weighted by Gasteiger charge is -2.20. The maximum atomic E-state index is 12.1. The van der Waals surface area contributed by atoms with Crippen LogP contribution in [0.1, 0.15) is 39.2 Å². The maximum absolute atomic E-state index is 12.1. The molecule has 1 unspecified atom stereocenters. The molecule has 0 saturated carbocycles. The first-order valence-electron chi connectivity index (χ1n) is 6.81. The molecule has 4 heteroatoms. The molecule has 0 bridgehead atoms. The molecule has 1 aromatic rings. The van der Waals surface area contributed by atoms with Crippen LogP contribution in [-0.4, -0.2) is 18.0 Å². The van der Waals surface area contributed by atoms with Gasteiger partial charge in [0.1, 0.15) is 6.04 Å². The Morgan fingerprint density at radius 1 is 1.32 bits per heavy atom. The van der Waals surface area contributed by atoms with Gasteiger partial charge in [-0.2, -0.15) is 0 Å². The highest BCUT2D eigenvalue weighted by Gasteiger charge is 2.16. The Morgan fingerprint density at radius 2 is 1.95 bits per heavy atom. The number of amides is 1. The van der Waals surface area contributed by atoms with Crippen molar-refractivity contribution in [3.8, 4) is 0 Å². The van der Waals surface area contributed by atoms with Crippen molar-refractivity contribution < 1.29 is 4.79 Å². The van der Waals surface area contributed by atoms with Crippen molar-refractivity contribution >= 4 is 27.5 Å². The summed E-state index contributed by atoms with van der Waals surface area (Å²) in [6, 6.07) is 6.03. The van der Waals surface area contributed by atoms with Crippen LogP contribution in [0.4, 0.5) is 5.69 Å². The molecule has 1 atom stereocenters. The van der Waals surface area contributed by atoms with Crippen LogP contribution in [0, 0.1) is 6.92 Å². The van der Waals surface area contributed by atoms with Crippen LogP contribution in [0.5, 0.6) is 0 Å². The van der Waals surface area contributed by atoms with Crippen molar-refractivity contribution in [3.63, 3.8) is 0 Å². The van der Waals surface area contributed by atoms with Gasteiger partial charge < -0.3 is 10.6 Å². The van der Waals surface area contributed by atoms with Gasteiger partial charge in [-0.1, -0.05) is 29.8 Å². The maximum Gasteiger partial charge on any atom is 0.242 e. The predicted octanol–water partition coefficient (Wildman–Crippen LogP) is 3.86. The van der Waals surface area contributed by atoms with E-state index in [1.807, 2.05) is 32.0 Å². The molecule has 3 nitrogen and oxygen atoms in total. The van der Waals surface area contributed by atoms with Gasteiger partial charge in [0.2, 0.25) is 5.91 Å². The standard InChI is InChI=1S/C15H23BrN2O/c1-5-13(6-2)18-15(19)11(4)17-14-8-7-12(16)9-10(14)3/h7-9,11,13,17H,5-6H2,1-4H3,(H,18,19). The second-order valence-corrected chi connectivity index (χ2v) is 5.76. The number of anilines is 1. The third-order valence-corrected chi connectivity index (χ3v) is 3.78. The molecule has 0 aliphatic heterocycles. The topological polar surface area (TPSA) is 41.1 Å². The number of rotatable bonds is 6. The SMILES string of the molecule is CCC(CC)NC(=O)C(C)Nc1ccc(Br)cc1C. The predicted molar refractivity (Wildman–Crippen MR) is 84.5 cm³/mol. The van der Waals surface area contributed by atoms with E-state index in [4.69, 9.17) is 0 Å². The Balaban J connectivity index is 2.63. The van der Waals surface area contributed by atoms with Crippen LogP contribution in [-0.2, 0) is 4.79 Å². The molecule has 0 fully saturated rings. The average molecular weight is 327 g/mol. The Hall–Kier alpha value is -1.03. The lowest BCUT2D eigenvalue weighted by Crippen LogP contribution is -2.42. The summed E-state index contributed by atoms with van der Waals surface area (Å²) >= 11 is 3.44. The van der Waals surface area contributed by atoms with Gasteiger partial charge in [-0.3, -0.25) is 4.79 Å². The summed E-state index contributed by atoms with van der Waals surface area (Å²) in [7, 11) is 0. The monoisotopic (exact) mass is 326 g/mol. The summed E-state index contributed by atoms with van der Waals surface area (Å²) in [4.78, 5) is 12.1. The number of hydrogen-bond acceptors (Lipinski definition) is 2. The normalized spacial score (nSPS) is 12.3. The van der Waals surface area contributed by atoms with E-state index in [0.717, 1.165) is 28.6 Å². The van der Waals surface area contributed by atoms with E-state index in [2.05, 4.69) is 40.4 Å². The number of carbonyl (C=O) groups is 1. The summed E-state index contributed by atoms with van der Waals surface area (Å²) < 4.78 is 1.05. The quantitative estimate of drug-likeness (QED) is 0.833. The molecule has 0 spiro atoms. The van der Waals surface area contributed by atoms with Crippen molar-refractivity contribution in [2.45, 2.75) is 52.6 Å². The van der Waals surface area contributed by atoms with Crippen LogP contribution in [0.2, 0.25) is 0 Å². The fourth-order valence-corrected chi connectivity index (χ4v) is 2.38. The van der Waals surface area contributed by atoms with E-state index < -0.39 is 0 Å². The van der Waals surface area contributed by atoms with Gasteiger partial charge in [0.05, 0.1) is 0 Å². The highest BCUT2D eigenvalue weighted by atomic mass is 79.9. The molecule has 0 heterocycles. The van der Waals surface area contributed by atoms with E-state index in [0.29, 0.717) is 0 Å². The Bertz CT molecular complexity index is 430. The van der Waals surface area contributed by atoms with Gasteiger partial charge in [0.25, 0.3) is 0 Å². The van der Waals surface area contributed by atoms with E-state index in [-0.39, 0.29) is 18.0 Å². The van der Waals surface area contributed by atoms with Crippen molar-refractivity contribution in [2.24, 2.45) is 0 Å². The summed E-state index contributed by atoms with van der Waals surface area (Å²) in [6.45, 7) is 8.09. The van der Waals surface area contributed by atoms with Crippen molar-refractivity contribution in [2.75, 3.05) is 5.32 Å². The number of halogens is 1. The number of benzene rings is 1. The molecule has 0 saturated heterocycles. The fraction of sp³-hybridized carbons (Fsp3) is 0.533. The van der Waals surface area contributed by atoms with Crippen molar-refractivity contribution in [3.05, 3.63) is 28.2 Å². The van der Waals surface area contributed by atoms with E-state index in [9.17, 15) is 4.79 Å². The molecular formula is C15H23BrN2O. The Labute approximate surface area is 124 Å². The van der Waals surface area contributed by atoms with Crippen LogP contribution < -0.4 is 10.6 Å². The van der Waals surface area contributed by atoms with Crippen molar-refractivity contribution in [1.29, 1.82) is 0 Å². The number of carbonyl (C=O) groups excluding carboxylic acids is 1. The lowest BCUT2D eigenvalue weighted by molar-refractivity contribution is -0.122. The van der Waals surface area contributed by atoms with Gasteiger partial charge in [0.15, 0.2) is 0 Å². The molecule has 0 aromatic heterocycles. The zero-order chi connectivity index (χ0) is 14.4. The second-order valence-electron chi connectivity index (χ2n) is 4.85. The highest BCUT2D eigenvalue weighted by Crippen LogP contribution is 2.20. The number of hydrogen-bond donors (Lipinski definition) is 2. The van der Waals surface area contributed by atoms with Gasteiger partial charge >= 0.3 is 0 Å². The minimum Gasteiger partial charge on any atom is -0.374 e. The smallest absolute Gasteiger partial charge is 0.242 e. The molecular weight excluding hydrogens is 304 g/mol. The summed E-state index contributed by atoms with van der Waals surface area (Å²) in [5.74, 6) is 0.0519. The molecule has 19 heavy (non-hydrogen) atoms. The first-order valence-corrected chi connectivity index (χ1v) is 7.60. The van der Waals surface area contributed by atoms with E-state index in [1.54, 1.807) is 0 Å². The van der Waals surface area contributed by atoms with Crippen LogP contribution >= 0.6 is 15.9 Å². The first kappa shape index (κ1) is 16.0. The molecule has 1 amide bonds. The van der Waals surface area contributed by atoms with Crippen LogP contribution in [0.15, 0.2) is 22.7 Å². The average Bonchev–Trinajstić information content (AvgIpc) is 2.38. The fourth-order valence-electron chi connectivity index (χ4n) is 1.91. The van der Waals surface area contributed by atoms with E-state index in [1.165, 1.54) is 0 Å². The second kappa shape index (κ2) is 7.53. The molecule has 1 rings (SSSR count). The van der Waals surface area contributed by atoms with Gasteiger partial charge in [-0.25, -0.2) is 0 Å². The molecule has 0 radical (unpaired) electrons.